The summed E-state index contributed by atoms with van der Waals surface area (Å²) in [6.07, 6.45) is 0.841. The number of hydrogen-bond acceptors (Lipinski definition) is 6. The summed E-state index contributed by atoms with van der Waals surface area (Å²) >= 11 is 1.34. The van der Waals surface area contributed by atoms with Crippen LogP contribution in [-0.2, 0) is 11.2 Å². The quantitative estimate of drug-likeness (QED) is 0.175. The molecule has 0 aliphatic carbocycles. The number of thioether (sulfide) groups is 1. The van der Waals surface area contributed by atoms with Crippen LogP contribution in [0.2, 0.25) is 0 Å². The fourth-order valence-corrected chi connectivity index (χ4v) is 4.10. The second-order valence-corrected chi connectivity index (χ2v) is 7.99. The third-order valence-electron chi connectivity index (χ3n) is 4.89. The lowest BCUT2D eigenvalue weighted by atomic mass is 10.1. The standard InChI is InChI=1S/C24H20N4O3S/c1-2-16-9-6-10-20-22(16)26-23(17-7-4-3-5-8-17)27-24(20)32-15-21(29)25-18-11-13-19(14-12-18)28(30)31/h3-14H,2,15H2,1H3,(H,25,29). The first kappa shape index (κ1) is 21.5. The first-order valence-corrected chi connectivity index (χ1v) is 11.1. The van der Waals surface area contributed by atoms with E-state index in [-0.39, 0.29) is 17.3 Å². The third kappa shape index (κ3) is 4.76. The molecule has 32 heavy (non-hydrogen) atoms. The molecule has 4 aromatic rings. The molecule has 0 unspecified atom stereocenters. The molecule has 3 aromatic carbocycles. The average molecular weight is 445 g/mol. The molecule has 0 radical (unpaired) electrons. The van der Waals surface area contributed by atoms with Gasteiger partial charge in [0.1, 0.15) is 5.03 Å². The van der Waals surface area contributed by atoms with E-state index in [2.05, 4.69) is 18.3 Å². The van der Waals surface area contributed by atoms with Crippen molar-refractivity contribution in [1.82, 2.24) is 9.97 Å². The monoisotopic (exact) mass is 444 g/mol. The maximum Gasteiger partial charge on any atom is 0.269 e. The maximum atomic E-state index is 12.5. The summed E-state index contributed by atoms with van der Waals surface area (Å²) in [4.78, 5) is 32.4. The zero-order valence-corrected chi connectivity index (χ0v) is 18.1. The Balaban J connectivity index is 1.59. The van der Waals surface area contributed by atoms with Crippen molar-refractivity contribution in [2.45, 2.75) is 18.4 Å². The summed E-state index contributed by atoms with van der Waals surface area (Å²) in [6.45, 7) is 2.09. The highest BCUT2D eigenvalue weighted by molar-refractivity contribution is 8.00. The van der Waals surface area contributed by atoms with Crippen LogP contribution in [0.25, 0.3) is 22.3 Å². The minimum absolute atomic E-state index is 0.0231. The first-order valence-electron chi connectivity index (χ1n) is 10.1. The molecular formula is C24H20N4O3S. The minimum atomic E-state index is -0.476. The van der Waals surface area contributed by atoms with E-state index in [1.54, 1.807) is 0 Å². The average Bonchev–Trinajstić information content (AvgIpc) is 2.82. The molecule has 1 aromatic heterocycles. The van der Waals surface area contributed by atoms with Crippen molar-refractivity contribution in [2.24, 2.45) is 0 Å². The van der Waals surface area contributed by atoms with Crippen LogP contribution in [0, 0.1) is 10.1 Å². The largest absolute Gasteiger partial charge is 0.325 e. The Morgan fingerprint density at radius 1 is 1.00 bits per heavy atom. The van der Waals surface area contributed by atoms with Crippen LogP contribution in [0.15, 0.2) is 77.8 Å². The molecule has 0 atom stereocenters. The van der Waals surface area contributed by atoms with E-state index in [1.807, 2.05) is 42.5 Å². The molecule has 0 bridgehead atoms. The number of fused-ring (bicyclic) bond motifs is 1. The fourth-order valence-electron chi connectivity index (χ4n) is 3.29. The number of anilines is 1. The molecule has 1 heterocycles. The van der Waals surface area contributed by atoms with Crippen molar-refractivity contribution >= 4 is 39.9 Å². The summed E-state index contributed by atoms with van der Waals surface area (Å²) in [5.41, 5.74) is 3.41. The number of nitro benzene ring substituents is 1. The van der Waals surface area contributed by atoms with Crippen LogP contribution < -0.4 is 5.32 Å². The van der Waals surface area contributed by atoms with Crippen LogP contribution in [0.1, 0.15) is 12.5 Å². The second kappa shape index (κ2) is 9.57. The molecule has 0 fully saturated rings. The summed E-state index contributed by atoms with van der Waals surface area (Å²) in [5.74, 6) is 0.550. The van der Waals surface area contributed by atoms with Gasteiger partial charge in [-0.05, 0) is 24.1 Å². The first-order chi connectivity index (χ1) is 15.5. The van der Waals surface area contributed by atoms with Crippen LogP contribution in [0.3, 0.4) is 0 Å². The number of hydrogen-bond donors (Lipinski definition) is 1. The van der Waals surface area contributed by atoms with Gasteiger partial charge in [0.15, 0.2) is 5.82 Å². The number of nitrogens with zero attached hydrogens (tertiary/aromatic N) is 3. The van der Waals surface area contributed by atoms with E-state index >= 15 is 0 Å². The van der Waals surface area contributed by atoms with Crippen LogP contribution in [-0.4, -0.2) is 26.6 Å². The maximum absolute atomic E-state index is 12.5. The van der Waals surface area contributed by atoms with Crippen molar-refractivity contribution in [2.75, 3.05) is 11.1 Å². The number of aryl methyl sites for hydroxylation is 1. The molecule has 160 valence electrons. The molecule has 4 rings (SSSR count). The van der Waals surface area contributed by atoms with Gasteiger partial charge in [-0.25, -0.2) is 9.97 Å². The van der Waals surface area contributed by atoms with Crippen molar-refractivity contribution < 1.29 is 9.72 Å². The number of para-hydroxylation sites is 1. The van der Waals surface area contributed by atoms with E-state index in [1.165, 1.54) is 36.0 Å². The number of rotatable bonds is 7. The van der Waals surface area contributed by atoms with Gasteiger partial charge in [-0.2, -0.15) is 0 Å². The Kier molecular flexibility index (Phi) is 6.42. The van der Waals surface area contributed by atoms with Gasteiger partial charge < -0.3 is 5.32 Å². The van der Waals surface area contributed by atoms with Gasteiger partial charge in [-0.3, -0.25) is 14.9 Å². The number of nitro groups is 1. The molecule has 0 aliphatic heterocycles. The second-order valence-electron chi connectivity index (χ2n) is 7.03. The summed E-state index contributed by atoms with van der Waals surface area (Å²) < 4.78 is 0. The Morgan fingerprint density at radius 3 is 2.44 bits per heavy atom. The lowest BCUT2D eigenvalue weighted by Gasteiger charge is -2.11. The van der Waals surface area contributed by atoms with Crippen LogP contribution in [0.5, 0.6) is 0 Å². The van der Waals surface area contributed by atoms with Crippen LogP contribution in [0.4, 0.5) is 11.4 Å². The van der Waals surface area contributed by atoms with Gasteiger partial charge >= 0.3 is 0 Å². The predicted molar refractivity (Wildman–Crippen MR) is 127 cm³/mol. The van der Waals surface area contributed by atoms with E-state index in [0.29, 0.717) is 11.5 Å². The zero-order chi connectivity index (χ0) is 22.5. The van der Waals surface area contributed by atoms with Crippen molar-refractivity contribution in [1.29, 1.82) is 0 Å². The molecule has 0 spiro atoms. The third-order valence-corrected chi connectivity index (χ3v) is 5.88. The highest BCUT2D eigenvalue weighted by Crippen LogP contribution is 2.30. The number of nitrogens with one attached hydrogen (secondary N) is 1. The molecule has 1 amide bonds. The smallest absolute Gasteiger partial charge is 0.269 e. The minimum Gasteiger partial charge on any atom is -0.325 e. The number of carbonyl (C=O) groups is 1. The van der Waals surface area contributed by atoms with E-state index in [9.17, 15) is 14.9 Å². The number of carbonyl (C=O) groups excluding carboxylic acids is 1. The van der Waals surface area contributed by atoms with Gasteiger partial charge in [0.2, 0.25) is 5.91 Å². The van der Waals surface area contributed by atoms with E-state index < -0.39 is 4.92 Å². The highest BCUT2D eigenvalue weighted by Gasteiger charge is 2.14. The summed E-state index contributed by atoms with van der Waals surface area (Å²) in [5, 5.41) is 15.2. The Hall–Kier alpha value is -3.78. The van der Waals surface area contributed by atoms with Crippen molar-refractivity contribution in [3.05, 3.63) is 88.5 Å². The normalized spacial score (nSPS) is 10.8. The fraction of sp³-hybridized carbons (Fsp3) is 0.125. The zero-order valence-electron chi connectivity index (χ0n) is 17.3. The topological polar surface area (TPSA) is 98.0 Å². The molecule has 0 saturated carbocycles. The van der Waals surface area contributed by atoms with Gasteiger partial charge in [-0.15, -0.1) is 0 Å². The number of amides is 1. The molecular weight excluding hydrogens is 424 g/mol. The van der Waals surface area contributed by atoms with Gasteiger partial charge in [0, 0.05) is 28.8 Å². The number of benzene rings is 3. The molecule has 0 aliphatic rings. The number of aromatic nitrogens is 2. The number of non-ortho nitro benzene ring substituents is 1. The lowest BCUT2D eigenvalue weighted by Crippen LogP contribution is -2.14. The van der Waals surface area contributed by atoms with E-state index in [0.717, 1.165) is 33.5 Å². The van der Waals surface area contributed by atoms with Crippen LogP contribution >= 0.6 is 11.8 Å². The molecule has 1 N–H and O–H groups in total. The summed E-state index contributed by atoms with van der Waals surface area (Å²) in [7, 11) is 0. The van der Waals surface area contributed by atoms with E-state index in [4.69, 9.17) is 9.97 Å². The van der Waals surface area contributed by atoms with Gasteiger partial charge in [0.05, 0.1) is 16.2 Å². The molecule has 8 heteroatoms. The Bertz CT molecular complexity index is 1280. The Labute approximate surface area is 189 Å². The lowest BCUT2D eigenvalue weighted by molar-refractivity contribution is -0.384. The molecule has 0 saturated heterocycles. The molecule has 7 nitrogen and oxygen atoms in total. The highest BCUT2D eigenvalue weighted by atomic mass is 32.2. The van der Waals surface area contributed by atoms with Crippen molar-refractivity contribution in [3.63, 3.8) is 0 Å². The Morgan fingerprint density at radius 2 is 1.75 bits per heavy atom. The SMILES string of the molecule is CCc1cccc2c(SCC(=O)Nc3ccc([N+](=O)[O-])cc3)nc(-c3ccccc3)nc12. The summed E-state index contributed by atoms with van der Waals surface area (Å²) in [6, 6.07) is 21.5. The predicted octanol–water partition coefficient (Wildman–Crippen LogP) is 5.50. The van der Waals surface area contributed by atoms with Gasteiger partial charge in [0.25, 0.3) is 5.69 Å². The van der Waals surface area contributed by atoms with Crippen molar-refractivity contribution in [3.8, 4) is 11.4 Å². The van der Waals surface area contributed by atoms with Gasteiger partial charge in [-0.1, -0.05) is 67.2 Å².